The maximum atomic E-state index is 6.07. The predicted octanol–water partition coefficient (Wildman–Crippen LogP) is 4.09. The second-order valence-corrected chi connectivity index (χ2v) is 5.58. The monoisotopic (exact) mass is 282 g/mol. The zero-order valence-corrected chi connectivity index (χ0v) is 11.7. The Morgan fingerprint density at radius 3 is 3.11 bits per heavy atom. The van der Waals surface area contributed by atoms with Gasteiger partial charge in [0.25, 0.3) is 0 Å². The van der Waals surface area contributed by atoms with E-state index in [1.165, 1.54) is 0 Å². The Morgan fingerprint density at radius 2 is 2.39 bits per heavy atom. The summed E-state index contributed by atoms with van der Waals surface area (Å²) >= 11 is 11.5. The third-order valence-corrected chi connectivity index (χ3v) is 4.12. The van der Waals surface area contributed by atoms with Crippen LogP contribution in [0.3, 0.4) is 0 Å². The van der Waals surface area contributed by atoms with Crippen LogP contribution in [0.2, 0.25) is 5.02 Å². The molecule has 1 aromatic heterocycles. The number of nitrogens with zero attached hydrogens (tertiary/aromatic N) is 1. The summed E-state index contributed by atoms with van der Waals surface area (Å²) in [6, 6.07) is 6.02. The first-order chi connectivity index (χ1) is 8.66. The van der Waals surface area contributed by atoms with E-state index in [0.717, 1.165) is 40.3 Å². The first-order valence-corrected chi connectivity index (χ1v) is 6.97. The molecule has 2 atom stereocenters. The van der Waals surface area contributed by atoms with Crippen molar-refractivity contribution in [3.63, 3.8) is 0 Å². The van der Waals surface area contributed by atoms with E-state index in [1.54, 1.807) is 0 Å². The second-order valence-electron chi connectivity index (χ2n) is 4.75. The lowest BCUT2D eigenvalue weighted by molar-refractivity contribution is 0.0741. The Kier molecular flexibility index (Phi) is 3.18. The standard InChI is InChI=1S/C13H15ClN2OS/c1-8(12-3-2-6-17-12)16-11-7-9(14)4-5-10(11)15-13(16)18/h4-5,7-8,12H,2-3,6H2,1H3,(H,15,18). The normalized spacial score (nSPS) is 21.6. The molecule has 1 saturated heterocycles. The van der Waals surface area contributed by atoms with Gasteiger partial charge in [-0.2, -0.15) is 0 Å². The van der Waals surface area contributed by atoms with E-state index >= 15 is 0 Å². The highest BCUT2D eigenvalue weighted by Gasteiger charge is 2.25. The second kappa shape index (κ2) is 4.68. The molecule has 0 amide bonds. The van der Waals surface area contributed by atoms with E-state index in [-0.39, 0.29) is 12.1 Å². The predicted molar refractivity (Wildman–Crippen MR) is 75.8 cm³/mol. The van der Waals surface area contributed by atoms with Gasteiger partial charge in [0, 0.05) is 11.6 Å². The quantitative estimate of drug-likeness (QED) is 0.841. The molecule has 0 aliphatic carbocycles. The van der Waals surface area contributed by atoms with Gasteiger partial charge in [-0.25, -0.2) is 0 Å². The minimum atomic E-state index is 0.229. The van der Waals surface area contributed by atoms with Crippen molar-refractivity contribution in [3.8, 4) is 0 Å². The summed E-state index contributed by atoms with van der Waals surface area (Å²) in [6.07, 6.45) is 2.47. The first kappa shape index (κ1) is 12.2. The van der Waals surface area contributed by atoms with Crippen LogP contribution in [0.5, 0.6) is 0 Å². The minimum Gasteiger partial charge on any atom is -0.376 e. The van der Waals surface area contributed by atoms with Crippen LogP contribution in [0.15, 0.2) is 18.2 Å². The molecule has 1 aromatic carbocycles. The summed E-state index contributed by atoms with van der Waals surface area (Å²) in [5, 5.41) is 0.727. The van der Waals surface area contributed by atoms with Crippen molar-refractivity contribution in [2.24, 2.45) is 0 Å². The SMILES string of the molecule is CC(C1CCCO1)n1c(=S)[nH]c2ccc(Cl)cc21. The number of aromatic nitrogens is 2. The van der Waals surface area contributed by atoms with Crippen LogP contribution in [-0.4, -0.2) is 22.3 Å². The van der Waals surface area contributed by atoms with Crippen LogP contribution in [-0.2, 0) is 4.74 Å². The number of imidazole rings is 1. The molecule has 96 valence electrons. The number of hydrogen-bond acceptors (Lipinski definition) is 2. The van der Waals surface area contributed by atoms with Gasteiger partial charge in [-0.05, 0) is 50.2 Å². The Hall–Kier alpha value is -0.840. The lowest BCUT2D eigenvalue weighted by Gasteiger charge is -2.20. The molecule has 1 fully saturated rings. The maximum absolute atomic E-state index is 6.07. The molecule has 0 spiro atoms. The third-order valence-electron chi connectivity index (χ3n) is 3.59. The number of fused-ring (bicyclic) bond motifs is 1. The van der Waals surface area contributed by atoms with E-state index < -0.39 is 0 Å². The van der Waals surface area contributed by atoms with Gasteiger partial charge in [0.05, 0.1) is 23.2 Å². The number of aromatic amines is 1. The molecule has 1 N–H and O–H groups in total. The molecule has 1 aliphatic rings. The molecule has 5 heteroatoms. The molecule has 2 aromatic rings. The maximum Gasteiger partial charge on any atom is 0.178 e. The van der Waals surface area contributed by atoms with Crippen molar-refractivity contribution >= 4 is 34.9 Å². The lowest BCUT2D eigenvalue weighted by Crippen LogP contribution is -2.20. The Morgan fingerprint density at radius 1 is 1.56 bits per heavy atom. The van der Waals surface area contributed by atoms with E-state index in [2.05, 4.69) is 16.5 Å². The van der Waals surface area contributed by atoms with Crippen molar-refractivity contribution in [2.75, 3.05) is 6.61 Å². The van der Waals surface area contributed by atoms with Gasteiger partial charge in [-0.1, -0.05) is 11.6 Å². The van der Waals surface area contributed by atoms with Crippen molar-refractivity contribution in [2.45, 2.75) is 31.9 Å². The number of benzene rings is 1. The van der Waals surface area contributed by atoms with E-state index in [0.29, 0.717) is 0 Å². The summed E-state index contributed by atoms with van der Waals surface area (Å²) in [7, 11) is 0. The number of nitrogens with one attached hydrogen (secondary N) is 1. The van der Waals surface area contributed by atoms with E-state index in [9.17, 15) is 0 Å². The highest BCUT2D eigenvalue weighted by Crippen LogP contribution is 2.29. The van der Waals surface area contributed by atoms with Crippen LogP contribution in [0, 0.1) is 4.77 Å². The first-order valence-electron chi connectivity index (χ1n) is 6.18. The Labute approximate surface area is 116 Å². The van der Waals surface area contributed by atoms with Gasteiger partial charge < -0.3 is 14.3 Å². The molecular formula is C13H15ClN2OS. The topological polar surface area (TPSA) is 29.9 Å². The number of rotatable bonds is 2. The Balaban J connectivity index is 2.12. The molecule has 0 saturated carbocycles. The lowest BCUT2D eigenvalue weighted by atomic mass is 10.1. The van der Waals surface area contributed by atoms with Crippen LogP contribution >= 0.6 is 23.8 Å². The van der Waals surface area contributed by atoms with Gasteiger partial charge in [-0.15, -0.1) is 0 Å². The average Bonchev–Trinajstić information content (AvgIpc) is 2.94. The molecule has 2 unspecified atom stereocenters. The Bertz CT molecular complexity index is 627. The van der Waals surface area contributed by atoms with Crippen LogP contribution in [0.4, 0.5) is 0 Å². The summed E-state index contributed by atoms with van der Waals surface area (Å²) in [5.74, 6) is 0. The van der Waals surface area contributed by atoms with Gasteiger partial charge in [-0.3, -0.25) is 0 Å². The molecule has 3 nitrogen and oxygen atoms in total. The number of hydrogen-bond donors (Lipinski definition) is 1. The molecule has 18 heavy (non-hydrogen) atoms. The minimum absolute atomic E-state index is 0.229. The van der Waals surface area contributed by atoms with Crippen LogP contribution in [0.1, 0.15) is 25.8 Å². The van der Waals surface area contributed by atoms with Gasteiger partial charge in [0.15, 0.2) is 4.77 Å². The largest absolute Gasteiger partial charge is 0.376 e. The smallest absolute Gasteiger partial charge is 0.178 e. The highest BCUT2D eigenvalue weighted by atomic mass is 35.5. The van der Waals surface area contributed by atoms with E-state index in [4.69, 9.17) is 28.6 Å². The van der Waals surface area contributed by atoms with Gasteiger partial charge >= 0.3 is 0 Å². The highest BCUT2D eigenvalue weighted by molar-refractivity contribution is 7.71. The van der Waals surface area contributed by atoms with Crippen molar-refractivity contribution in [1.29, 1.82) is 0 Å². The van der Waals surface area contributed by atoms with Crippen molar-refractivity contribution in [3.05, 3.63) is 28.0 Å². The molecule has 0 radical (unpaired) electrons. The fraction of sp³-hybridized carbons (Fsp3) is 0.462. The molecule has 1 aliphatic heterocycles. The summed E-state index contributed by atoms with van der Waals surface area (Å²) in [6.45, 7) is 3.01. The third kappa shape index (κ3) is 1.98. The van der Waals surface area contributed by atoms with Gasteiger partial charge in [0.2, 0.25) is 0 Å². The zero-order valence-electron chi connectivity index (χ0n) is 10.1. The summed E-state index contributed by atoms with van der Waals surface area (Å²) < 4.78 is 8.61. The fourth-order valence-electron chi connectivity index (χ4n) is 2.65. The number of halogens is 1. The van der Waals surface area contributed by atoms with Crippen molar-refractivity contribution in [1.82, 2.24) is 9.55 Å². The van der Waals surface area contributed by atoms with E-state index in [1.807, 2.05) is 18.2 Å². The summed E-state index contributed by atoms with van der Waals surface area (Å²) in [4.78, 5) is 3.22. The average molecular weight is 283 g/mol. The number of ether oxygens (including phenoxy) is 1. The molecule has 3 rings (SSSR count). The molecule has 2 heterocycles. The van der Waals surface area contributed by atoms with Gasteiger partial charge in [0.1, 0.15) is 0 Å². The summed E-state index contributed by atoms with van der Waals surface area (Å²) in [5.41, 5.74) is 2.07. The van der Waals surface area contributed by atoms with Crippen LogP contribution < -0.4 is 0 Å². The molecule has 0 bridgehead atoms. The fourth-order valence-corrected chi connectivity index (χ4v) is 3.19. The molecular weight excluding hydrogens is 268 g/mol. The zero-order chi connectivity index (χ0) is 12.7. The van der Waals surface area contributed by atoms with Crippen LogP contribution in [0.25, 0.3) is 11.0 Å². The van der Waals surface area contributed by atoms with Crippen molar-refractivity contribution < 1.29 is 4.74 Å². The number of H-pyrrole nitrogens is 1.